The molecule has 0 bridgehead atoms. The van der Waals surface area contributed by atoms with E-state index < -0.39 is 97.5 Å². The van der Waals surface area contributed by atoms with Crippen molar-refractivity contribution >= 4 is 39.5 Å². The van der Waals surface area contributed by atoms with Crippen molar-refractivity contribution in [1.82, 2.24) is 0 Å². The van der Waals surface area contributed by atoms with E-state index in [4.69, 9.17) is 37.0 Å². The molecule has 0 spiro atoms. The third-order valence-corrected chi connectivity index (χ3v) is 23.2. The van der Waals surface area contributed by atoms with Crippen LogP contribution < -0.4 is 0 Å². The number of esters is 4. The summed E-state index contributed by atoms with van der Waals surface area (Å²) in [5, 5.41) is 10.7. The van der Waals surface area contributed by atoms with E-state index in [1.54, 1.807) is 0 Å². The first-order chi connectivity index (χ1) is 53.0. The number of unbranched alkanes of at least 4 members (excludes halogenated alkanes) is 62. The van der Waals surface area contributed by atoms with E-state index in [1.807, 2.05) is 0 Å². The topological polar surface area (TPSA) is 237 Å². The Balaban J connectivity index is 5.21. The molecule has 3 N–H and O–H groups in total. The van der Waals surface area contributed by atoms with Crippen molar-refractivity contribution in [3.8, 4) is 0 Å². The minimum absolute atomic E-state index is 0.108. The van der Waals surface area contributed by atoms with Gasteiger partial charge in [0.1, 0.15) is 19.3 Å². The molecule has 0 saturated heterocycles. The van der Waals surface area contributed by atoms with Crippen LogP contribution in [0.15, 0.2) is 0 Å². The van der Waals surface area contributed by atoms with Crippen molar-refractivity contribution in [3.05, 3.63) is 0 Å². The van der Waals surface area contributed by atoms with Crippen LogP contribution in [-0.2, 0) is 65.4 Å². The molecule has 0 aromatic rings. The number of carbonyl (C=O) groups excluding carboxylic acids is 4. The third kappa shape index (κ3) is 83.8. The highest BCUT2D eigenvalue weighted by Gasteiger charge is 2.31. The normalized spacial score (nSPS) is 13.7. The van der Waals surface area contributed by atoms with E-state index in [1.165, 1.54) is 315 Å². The predicted molar refractivity (Wildman–Crippen MR) is 451 cm³/mol. The number of carbonyl (C=O) groups is 4. The van der Waals surface area contributed by atoms with Crippen LogP contribution in [-0.4, -0.2) is 96.7 Å². The minimum atomic E-state index is -4.97. The van der Waals surface area contributed by atoms with Crippen molar-refractivity contribution in [2.75, 3.05) is 39.6 Å². The van der Waals surface area contributed by atoms with Gasteiger partial charge in [0.05, 0.1) is 26.4 Å². The zero-order chi connectivity index (χ0) is 79.7. The average molecular weight is 1590 g/mol. The largest absolute Gasteiger partial charge is 0.472 e. The Hall–Kier alpha value is -1.94. The zero-order valence-corrected chi connectivity index (χ0v) is 73.5. The molecule has 0 aliphatic heterocycles. The quantitative estimate of drug-likeness (QED) is 0.0222. The van der Waals surface area contributed by atoms with Crippen LogP contribution in [0.3, 0.4) is 0 Å². The highest BCUT2D eigenvalue weighted by molar-refractivity contribution is 7.47. The van der Waals surface area contributed by atoms with E-state index in [9.17, 15) is 43.2 Å². The van der Waals surface area contributed by atoms with Crippen LogP contribution >= 0.6 is 15.6 Å². The number of aliphatic hydroxyl groups excluding tert-OH is 1. The maximum Gasteiger partial charge on any atom is 0.472 e. The molecular weight excluding hydrogens is 1410 g/mol. The Labute approximate surface area is 670 Å². The van der Waals surface area contributed by atoms with Crippen molar-refractivity contribution in [2.45, 2.75) is 509 Å². The molecule has 0 aliphatic rings. The molecule has 0 radical (unpaired) electrons. The van der Waals surface area contributed by atoms with Gasteiger partial charge in [-0.1, -0.05) is 439 Å². The molecule has 0 aromatic carbocycles. The summed E-state index contributed by atoms with van der Waals surface area (Å²) in [6, 6.07) is 0. The average Bonchev–Trinajstić information content (AvgIpc) is 0.899. The van der Waals surface area contributed by atoms with E-state index in [-0.39, 0.29) is 25.7 Å². The molecule has 0 rings (SSSR count). The lowest BCUT2D eigenvalue weighted by atomic mass is 10.0. The molecule has 0 aromatic heterocycles. The first-order valence-corrected chi connectivity index (χ1v) is 49.6. The van der Waals surface area contributed by atoms with Gasteiger partial charge in [-0.15, -0.1) is 0 Å². The fraction of sp³-hybridized carbons (Fsp3) is 0.956. The molecule has 5 atom stereocenters. The van der Waals surface area contributed by atoms with Gasteiger partial charge in [0.2, 0.25) is 0 Å². The number of hydrogen-bond acceptors (Lipinski definition) is 15. The van der Waals surface area contributed by atoms with Crippen LogP contribution in [0.5, 0.6) is 0 Å². The summed E-state index contributed by atoms with van der Waals surface area (Å²) >= 11 is 0. The SMILES string of the molecule is CCCCCCCCCCCCCCCCCCCCCCCCC(=O)O[C@H](COC(=O)CCCCCCCCCCCCCCCCCCCCCCC)COP(=O)(O)OC[C@@H](O)COP(=O)(O)OC[C@@H](COC(=O)CCCCCCCCCCCC)OC(=O)CCCCCCCCCCCCCCCC(C)C. The molecule has 648 valence electrons. The van der Waals surface area contributed by atoms with E-state index in [0.29, 0.717) is 25.7 Å². The Bertz CT molecular complexity index is 2070. The monoisotopic (exact) mass is 1590 g/mol. The second-order valence-corrected chi connectivity index (χ2v) is 35.7. The second kappa shape index (κ2) is 82.6. The maximum absolute atomic E-state index is 13.2. The van der Waals surface area contributed by atoms with Gasteiger partial charge in [-0.25, -0.2) is 9.13 Å². The molecule has 0 fully saturated rings. The lowest BCUT2D eigenvalue weighted by molar-refractivity contribution is -0.161. The first kappa shape index (κ1) is 107. The molecule has 17 nitrogen and oxygen atoms in total. The van der Waals surface area contributed by atoms with Crippen LogP contribution in [0.1, 0.15) is 490 Å². The van der Waals surface area contributed by atoms with Crippen LogP contribution in [0, 0.1) is 5.92 Å². The molecule has 109 heavy (non-hydrogen) atoms. The highest BCUT2D eigenvalue weighted by Crippen LogP contribution is 2.45. The standard InChI is InChI=1S/C90H176O17P2/c1-6-9-12-15-18-21-24-26-28-30-32-34-36-38-40-42-46-50-55-60-65-70-75-89(94)107-86(80-101-88(93)74-69-64-59-54-49-45-41-39-37-35-33-31-29-27-25-22-19-16-13-10-7-2)82-105-109(98,99)103-78-84(91)77-102-108(96,97)104-81-85(79-100-87(92)73-68-63-58-53-23-20-17-14-11-8-3)106-90(95)76-71-66-61-56-51-47-43-44-48-52-57-62-67-72-83(4)5/h83-86,91H,6-82H2,1-5H3,(H,96,97)(H,98,99)/t84-,85+,86+/m0/s1. The van der Waals surface area contributed by atoms with Crippen molar-refractivity contribution in [1.29, 1.82) is 0 Å². The van der Waals surface area contributed by atoms with Crippen LogP contribution in [0.25, 0.3) is 0 Å². The summed E-state index contributed by atoms with van der Waals surface area (Å²) in [6.45, 7) is 7.39. The Morgan fingerprint density at radius 2 is 0.422 bits per heavy atom. The van der Waals surface area contributed by atoms with Gasteiger partial charge >= 0.3 is 39.5 Å². The molecule has 0 heterocycles. The molecule has 2 unspecified atom stereocenters. The smallest absolute Gasteiger partial charge is 0.462 e. The van der Waals surface area contributed by atoms with E-state index >= 15 is 0 Å². The number of rotatable bonds is 90. The molecule has 0 amide bonds. The number of ether oxygens (including phenoxy) is 4. The van der Waals surface area contributed by atoms with Crippen molar-refractivity contribution in [3.63, 3.8) is 0 Å². The van der Waals surface area contributed by atoms with Gasteiger partial charge in [0, 0.05) is 25.7 Å². The second-order valence-electron chi connectivity index (χ2n) is 32.8. The van der Waals surface area contributed by atoms with Gasteiger partial charge in [0.25, 0.3) is 0 Å². The summed E-state index contributed by atoms with van der Waals surface area (Å²) in [4.78, 5) is 73.3. The number of phosphoric acid groups is 2. The lowest BCUT2D eigenvalue weighted by Crippen LogP contribution is -2.30. The van der Waals surface area contributed by atoms with Gasteiger partial charge in [-0.05, 0) is 31.6 Å². The first-order valence-electron chi connectivity index (χ1n) is 46.6. The van der Waals surface area contributed by atoms with Crippen LogP contribution in [0.2, 0.25) is 0 Å². The Morgan fingerprint density at radius 1 is 0.248 bits per heavy atom. The van der Waals surface area contributed by atoms with Crippen LogP contribution in [0.4, 0.5) is 0 Å². The van der Waals surface area contributed by atoms with Gasteiger partial charge in [-0.2, -0.15) is 0 Å². The summed E-state index contributed by atoms with van der Waals surface area (Å²) in [7, 11) is -9.93. The predicted octanol–water partition coefficient (Wildman–Crippen LogP) is 27.9. The number of aliphatic hydroxyl groups is 1. The van der Waals surface area contributed by atoms with E-state index in [0.717, 1.165) is 95.8 Å². The summed E-state index contributed by atoms with van der Waals surface area (Å²) in [5.41, 5.74) is 0. The van der Waals surface area contributed by atoms with Gasteiger partial charge in [-0.3, -0.25) is 37.3 Å². The molecular formula is C90H176O17P2. The third-order valence-electron chi connectivity index (χ3n) is 21.3. The molecule has 19 heteroatoms. The van der Waals surface area contributed by atoms with E-state index in [2.05, 4.69) is 34.6 Å². The highest BCUT2D eigenvalue weighted by atomic mass is 31.2. The number of hydrogen-bond donors (Lipinski definition) is 3. The molecule has 0 aliphatic carbocycles. The van der Waals surface area contributed by atoms with Crippen molar-refractivity contribution in [2.24, 2.45) is 5.92 Å². The Kier molecular flexibility index (Phi) is 81.1. The summed E-state index contributed by atoms with van der Waals surface area (Å²) in [5.74, 6) is -1.31. The Morgan fingerprint density at radius 3 is 0.624 bits per heavy atom. The zero-order valence-electron chi connectivity index (χ0n) is 71.7. The lowest BCUT2D eigenvalue weighted by Gasteiger charge is -2.21. The van der Waals surface area contributed by atoms with Crippen molar-refractivity contribution < 1.29 is 80.2 Å². The van der Waals surface area contributed by atoms with Gasteiger partial charge < -0.3 is 33.8 Å². The minimum Gasteiger partial charge on any atom is -0.462 e. The maximum atomic E-state index is 13.2. The summed E-state index contributed by atoms with van der Waals surface area (Å²) < 4.78 is 69.0. The number of phosphoric ester groups is 2. The van der Waals surface area contributed by atoms with Gasteiger partial charge in [0.15, 0.2) is 12.2 Å². The fourth-order valence-electron chi connectivity index (χ4n) is 14.2. The summed E-state index contributed by atoms with van der Waals surface area (Å²) in [6.07, 6.45) is 78.0. The molecule has 0 saturated carbocycles. The fourth-order valence-corrected chi connectivity index (χ4v) is 15.8.